The number of benzene rings is 1. The van der Waals surface area contributed by atoms with E-state index in [1.165, 1.54) is 7.11 Å². The number of ether oxygens (including phenoxy) is 2. The van der Waals surface area contributed by atoms with Gasteiger partial charge in [0.1, 0.15) is 5.60 Å². The minimum absolute atomic E-state index is 0.113. The van der Waals surface area contributed by atoms with Crippen molar-refractivity contribution in [2.24, 2.45) is 0 Å². The van der Waals surface area contributed by atoms with Crippen molar-refractivity contribution in [1.29, 1.82) is 0 Å². The third kappa shape index (κ3) is 3.71. The van der Waals surface area contributed by atoms with Crippen LogP contribution >= 0.6 is 0 Å². The Hall–Kier alpha value is -2.57. The molecule has 1 heterocycles. The molecule has 7 heteroatoms. The van der Waals surface area contributed by atoms with E-state index >= 15 is 0 Å². The van der Waals surface area contributed by atoms with Crippen molar-refractivity contribution < 1.29 is 19.1 Å². The van der Waals surface area contributed by atoms with Gasteiger partial charge < -0.3 is 14.5 Å². The fraction of sp³-hybridized carbons (Fsp3) is 0.357. The molecule has 7 nitrogen and oxygen atoms in total. The van der Waals surface area contributed by atoms with Gasteiger partial charge in [-0.05, 0) is 39.0 Å². The molecule has 2 rings (SSSR count). The molecular formula is C14H17N3O4. The molecule has 0 spiro atoms. The Morgan fingerprint density at radius 1 is 1.29 bits per heavy atom. The van der Waals surface area contributed by atoms with E-state index in [0.29, 0.717) is 16.7 Å². The molecule has 1 aromatic heterocycles. The number of carbonyl (C=O) groups excluding carboxylic acids is 2. The molecule has 0 atom stereocenters. The summed E-state index contributed by atoms with van der Waals surface area (Å²) in [5, 5.41) is 2.62. The van der Waals surface area contributed by atoms with E-state index in [9.17, 15) is 9.59 Å². The van der Waals surface area contributed by atoms with Crippen molar-refractivity contribution in [3.05, 3.63) is 24.0 Å². The summed E-state index contributed by atoms with van der Waals surface area (Å²) in [6.07, 6.45) is -0.547. The number of nitrogens with zero attached hydrogens (tertiary/aromatic N) is 1. The van der Waals surface area contributed by atoms with Crippen LogP contribution in [0.15, 0.2) is 18.2 Å². The molecule has 112 valence electrons. The van der Waals surface area contributed by atoms with E-state index in [-0.39, 0.29) is 5.82 Å². The highest BCUT2D eigenvalue weighted by atomic mass is 16.6. The lowest BCUT2D eigenvalue weighted by Crippen LogP contribution is -2.27. The van der Waals surface area contributed by atoms with Gasteiger partial charge in [0.15, 0.2) is 0 Å². The highest BCUT2D eigenvalue weighted by Gasteiger charge is 2.17. The third-order valence-corrected chi connectivity index (χ3v) is 2.51. The summed E-state index contributed by atoms with van der Waals surface area (Å²) >= 11 is 0. The Morgan fingerprint density at radius 3 is 2.62 bits per heavy atom. The molecule has 2 aromatic rings. The summed E-state index contributed by atoms with van der Waals surface area (Å²) in [5.74, 6) is -0.435. The molecule has 1 aromatic carbocycles. The fourth-order valence-electron chi connectivity index (χ4n) is 1.70. The molecule has 2 N–H and O–H groups in total. The molecule has 0 radical (unpaired) electrons. The standard InChI is InChI=1S/C14H17N3O4/c1-14(2,3)21-13(19)15-8-5-6-9-10(7-8)17-11(16-9)12(18)20-4/h5-7H,1-4H3,(H,15,19)(H,16,17). The number of esters is 1. The Morgan fingerprint density at radius 2 is 2.00 bits per heavy atom. The predicted molar refractivity (Wildman–Crippen MR) is 77.3 cm³/mol. The maximum absolute atomic E-state index is 11.7. The zero-order valence-corrected chi connectivity index (χ0v) is 12.3. The van der Waals surface area contributed by atoms with E-state index in [2.05, 4.69) is 20.0 Å². The van der Waals surface area contributed by atoms with Gasteiger partial charge >= 0.3 is 12.1 Å². The summed E-state index contributed by atoms with van der Waals surface area (Å²) in [6.45, 7) is 5.36. The third-order valence-electron chi connectivity index (χ3n) is 2.51. The Labute approximate surface area is 121 Å². The van der Waals surface area contributed by atoms with Crippen molar-refractivity contribution in [3.63, 3.8) is 0 Å². The van der Waals surface area contributed by atoms with Crippen molar-refractivity contribution in [2.75, 3.05) is 12.4 Å². The second-order valence-electron chi connectivity index (χ2n) is 5.44. The van der Waals surface area contributed by atoms with Gasteiger partial charge in [-0.3, -0.25) is 5.32 Å². The summed E-state index contributed by atoms with van der Waals surface area (Å²) < 4.78 is 9.76. The maximum atomic E-state index is 11.7. The molecule has 0 saturated heterocycles. The number of anilines is 1. The van der Waals surface area contributed by atoms with Gasteiger partial charge in [0.25, 0.3) is 0 Å². The SMILES string of the molecule is COC(=O)c1nc2ccc(NC(=O)OC(C)(C)C)cc2[nH]1. The van der Waals surface area contributed by atoms with Crippen LogP contribution in [0.2, 0.25) is 0 Å². The van der Waals surface area contributed by atoms with Gasteiger partial charge in [-0.2, -0.15) is 0 Å². The number of amides is 1. The van der Waals surface area contributed by atoms with Crippen LogP contribution in [0.5, 0.6) is 0 Å². The lowest BCUT2D eigenvalue weighted by molar-refractivity contribution is 0.0586. The molecule has 0 unspecified atom stereocenters. The van der Waals surface area contributed by atoms with E-state index in [0.717, 1.165) is 0 Å². The number of aromatic nitrogens is 2. The van der Waals surface area contributed by atoms with Crippen molar-refractivity contribution in [3.8, 4) is 0 Å². The van der Waals surface area contributed by atoms with Crippen molar-refractivity contribution in [2.45, 2.75) is 26.4 Å². The first-order chi connectivity index (χ1) is 9.78. The van der Waals surface area contributed by atoms with E-state index in [4.69, 9.17) is 4.74 Å². The molecular weight excluding hydrogens is 274 g/mol. The molecule has 0 fully saturated rings. The van der Waals surface area contributed by atoms with Gasteiger partial charge in [-0.25, -0.2) is 14.6 Å². The number of hydrogen-bond acceptors (Lipinski definition) is 5. The van der Waals surface area contributed by atoms with Crippen LogP contribution in [0, 0.1) is 0 Å². The van der Waals surface area contributed by atoms with Gasteiger partial charge in [0, 0.05) is 5.69 Å². The quantitative estimate of drug-likeness (QED) is 0.830. The van der Waals surface area contributed by atoms with Crippen molar-refractivity contribution in [1.82, 2.24) is 9.97 Å². The van der Waals surface area contributed by atoms with Crippen LogP contribution in [-0.4, -0.2) is 34.7 Å². The van der Waals surface area contributed by atoms with Crippen LogP contribution in [0.25, 0.3) is 11.0 Å². The molecule has 0 aliphatic rings. The van der Waals surface area contributed by atoms with Crippen LogP contribution in [-0.2, 0) is 9.47 Å². The Balaban J connectivity index is 2.19. The summed E-state index contributed by atoms with van der Waals surface area (Å²) in [6, 6.07) is 5.03. The topological polar surface area (TPSA) is 93.3 Å². The van der Waals surface area contributed by atoms with Crippen LogP contribution in [0.1, 0.15) is 31.4 Å². The second-order valence-corrected chi connectivity index (χ2v) is 5.44. The zero-order valence-electron chi connectivity index (χ0n) is 12.3. The first kappa shape index (κ1) is 14.8. The largest absolute Gasteiger partial charge is 0.463 e. The van der Waals surface area contributed by atoms with Crippen LogP contribution in [0.3, 0.4) is 0 Å². The average Bonchev–Trinajstić information content (AvgIpc) is 2.78. The number of hydrogen-bond donors (Lipinski definition) is 2. The molecule has 21 heavy (non-hydrogen) atoms. The lowest BCUT2D eigenvalue weighted by Gasteiger charge is -2.19. The number of rotatable bonds is 2. The molecule has 0 saturated carbocycles. The maximum Gasteiger partial charge on any atom is 0.412 e. The van der Waals surface area contributed by atoms with Crippen molar-refractivity contribution >= 4 is 28.8 Å². The van der Waals surface area contributed by atoms with Gasteiger partial charge in [0.05, 0.1) is 18.1 Å². The number of nitrogens with one attached hydrogen (secondary N) is 2. The monoisotopic (exact) mass is 291 g/mol. The van der Waals surface area contributed by atoms with Gasteiger partial charge in [-0.15, -0.1) is 0 Å². The predicted octanol–water partition coefficient (Wildman–Crippen LogP) is 2.70. The van der Waals surface area contributed by atoms with E-state index < -0.39 is 17.7 Å². The minimum atomic E-state index is -0.569. The first-order valence-electron chi connectivity index (χ1n) is 6.36. The van der Waals surface area contributed by atoms with E-state index in [1.54, 1.807) is 39.0 Å². The summed E-state index contributed by atoms with van der Waals surface area (Å²) in [4.78, 5) is 30.0. The number of aromatic amines is 1. The minimum Gasteiger partial charge on any atom is -0.463 e. The lowest BCUT2D eigenvalue weighted by atomic mass is 10.2. The Bertz CT molecular complexity index is 685. The summed E-state index contributed by atoms with van der Waals surface area (Å²) in [5.41, 5.74) is 1.19. The van der Waals surface area contributed by atoms with Crippen LogP contribution < -0.4 is 5.32 Å². The smallest absolute Gasteiger partial charge is 0.412 e. The zero-order chi connectivity index (χ0) is 15.6. The molecule has 0 aliphatic heterocycles. The molecule has 0 bridgehead atoms. The second kappa shape index (κ2) is 5.43. The molecule has 1 amide bonds. The fourth-order valence-corrected chi connectivity index (χ4v) is 1.70. The van der Waals surface area contributed by atoms with Gasteiger partial charge in [0.2, 0.25) is 5.82 Å². The number of imidazole rings is 1. The number of carbonyl (C=O) groups is 2. The van der Waals surface area contributed by atoms with Crippen LogP contribution in [0.4, 0.5) is 10.5 Å². The molecule has 0 aliphatic carbocycles. The normalized spacial score (nSPS) is 11.2. The number of fused-ring (bicyclic) bond motifs is 1. The van der Waals surface area contributed by atoms with Gasteiger partial charge in [-0.1, -0.05) is 0 Å². The Kier molecular flexibility index (Phi) is 3.84. The highest BCUT2D eigenvalue weighted by Crippen LogP contribution is 2.18. The van der Waals surface area contributed by atoms with E-state index in [1.807, 2.05) is 0 Å². The first-order valence-corrected chi connectivity index (χ1v) is 6.36. The highest BCUT2D eigenvalue weighted by molar-refractivity contribution is 5.93. The summed E-state index contributed by atoms with van der Waals surface area (Å²) in [7, 11) is 1.28. The average molecular weight is 291 g/mol. The number of methoxy groups -OCH3 is 1. The number of H-pyrrole nitrogens is 1.